The van der Waals surface area contributed by atoms with Crippen LogP contribution >= 0.6 is 0 Å². The number of benzene rings is 2. The van der Waals surface area contributed by atoms with Gasteiger partial charge in [0.05, 0.1) is 35.4 Å². The van der Waals surface area contributed by atoms with Crippen LogP contribution in [0.4, 0.5) is 5.69 Å². The van der Waals surface area contributed by atoms with Crippen LogP contribution < -0.4 is 14.2 Å². The van der Waals surface area contributed by atoms with Gasteiger partial charge in [-0.25, -0.2) is 8.42 Å². The van der Waals surface area contributed by atoms with E-state index in [-0.39, 0.29) is 4.90 Å². The molecule has 1 aliphatic rings. The Kier molecular flexibility index (Phi) is 4.08. The highest BCUT2D eigenvalue weighted by Gasteiger charge is 2.19. The largest absolute Gasteiger partial charge is 0.490 e. The molecular formula is C16H14N2O4S. The molecule has 2 aromatic carbocycles. The van der Waals surface area contributed by atoms with Crippen LogP contribution in [0.1, 0.15) is 12.0 Å². The van der Waals surface area contributed by atoms with E-state index in [0.29, 0.717) is 36.0 Å². The highest BCUT2D eigenvalue weighted by atomic mass is 32.2. The van der Waals surface area contributed by atoms with E-state index in [2.05, 4.69) is 4.72 Å². The van der Waals surface area contributed by atoms with E-state index < -0.39 is 10.0 Å². The summed E-state index contributed by atoms with van der Waals surface area (Å²) in [6.07, 6.45) is 0.746. The predicted molar refractivity (Wildman–Crippen MR) is 84.0 cm³/mol. The van der Waals surface area contributed by atoms with Crippen LogP contribution in [0, 0.1) is 11.3 Å². The van der Waals surface area contributed by atoms with Crippen molar-refractivity contribution < 1.29 is 17.9 Å². The van der Waals surface area contributed by atoms with Gasteiger partial charge >= 0.3 is 0 Å². The SMILES string of the molecule is N#Cc1cccc(NS(=O)(=O)c2ccc3c(c2)OCCCO3)c1. The zero-order chi connectivity index (χ0) is 16.3. The lowest BCUT2D eigenvalue weighted by molar-refractivity contribution is 0.297. The average Bonchev–Trinajstić information content (AvgIpc) is 2.79. The Morgan fingerprint density at radius 2 is 1.83 bits per heavy atom. The number of hydrogen-bond acceptors (Lipinski definition) is 5. The number of fused-ring (bicyclic) bond motifs is 1. The van der Waals surface area contributed by atoms with Crippen LogP contribution in [0.3, 0.4) is 0 Å². The summed E-state index contributed by atoms with van der Waals surface area (Å²) in [7, 11) is -3.78. The molecule has 0 saturated heterocycles. The molecule has 0 spiro atoms. The second kappa shape index (κ2) is 6.18. The fraction of sp³-hybridized carbons (Fsp3) is 0.188. The summed E-state index contributed by atoms with van der Waals surface area (Å²) in [5.74, 6) is 0.948. The van der Waals surface area contributed by atoms with Crippen LogP contribution in [0.5, 0.6) is 11.5 Å². The summed E-state index contributed by atoms with van der Waals surface area (Å²) in [5, 5.41) is 8.88. The summed E-state index contributed by atoms with van der Waals surface area (Å²) < 4.78 is 38.4. The molecule has 6 nitrogen and oxygen atoms in total. The van der Waals surface area contributed by atoms with Crippen molar-refractivity contribution in [3.63, 3.8) is 0 Å². The number of rotatable bonds is 3. The number of hydrogen-bond donors (Lipinski definition) is 1. The quantitative estimate of drug-likeness (QED) is 0.934. The molecule has 1 aliphatic heterocycles. The molecule has 0 bridgehead atoms. The molecule has 0 unspecified atom stereocenters. The first-order valence-electron chi connectivity index (χ1n) is 7.01. The van der Waals surface area contributed by atoms with Crippen molar-refractivity contribution in [1.29, 1.82) is 5.26 Å². The van der Waals surface area contributed by atoms with Gasteiger partial charge in [-0.1, -0.05) is 6.07 Å². The third-order valence-electron chi connectivity index (χ3n) is 3.27. The van der Waals surface area contributed by atoms with Gasteiger partial charge < -0.3 is 9.47 Å². The second-order valence-electron chi connectivity index (χ2n) is 4.96. The lowest BCUT2D eigenvalue weighted by Gasteiger charge is -2.11. The van der Waals surface area contributed by atoms with Gasteiger partial charge in [0, 0.05) is 12.5 Å². The van der Waals surface area contributed by atoms with E-state index in [4.69, 9.17) is 14.7 Å². The molecule has 0 atom stereocenters. The van der Waals surface area contributed by atoms with E-state index in [1.807, 2.05) is 6.07 Å². The van der Waals surface area contributed by atoms with Crippen molar-refractivity contribution in [1.82, 2.24) is 0 Å². The Balaban J connectivity index is 1.90. The molecule has 2 aromatic rings. The molecule has 23 heavy (non-hydrogen) atoms. The van der Waals surface area contributed by atoms with Crippen molar-refractivity contribution in [3.8, 4) is 17.6 Å². The zero-order valence-corrected chi connectivity index (χ0v) is 13.0. The van der Waals surface area contributed by atoms with Crippen LogP contribution in [-0.2, 0) is 10.0 Å². The molecule has 0 aliphatic carbocycles. The topological polar surface area (TPSA) is 88.4 Å². The molecule has 0 fully saturated rings. The summed E-state index contributed by atoms with van der Waals surface area (Å²) in [6, 6.07) is 12.7. The fourth-order valence-electron chi connectivity index (χ4n) is 2.18. The third kappa shape index (κ3) is 3.38. The Bertz CT molecular complexity index is 872. The molecule has 0 radical (unpaired) electrons. The van der Waals surface area contributed by atoms with Gasteiger partial charge in [-0.3, -0.25) is 4.72 Å². The van der Waals surface area contributed by atoms with Gasteiger partial charge in [-0.15, -0.1) is 0 Å². The number of nitriles is 1. The highest BCUT2D eigenvalue weighted by Crippen LogP contribution is 2.32. The van der Waals surface area contributed by atoms with Crippen LogP contribution in [0.25, 0.3) is 0 Å². The number of nitrogens with one attached hydrogen (secondary N) is 1. The Hall–Kier alpha value is -2.72. The third-order valence-corrected chi connectivity index (χ3v) is 4.65. The standard InChI is InChI=1S/C16H14N2O4S/c17-11-12-3-1-4-13(9-12)18-23(19,20)14-5-6-15-16(10-14)22-8-2-7-21-15/h1,3-6,9-10,18H,2,7-8H2. The van der Waals surface area contributed by atoms with E-state index >= 15 is 0 Å². The molecule has 3 rings (SSSR count). The lowest BCUT2D eigenvalue weighted by atomic mass is 10.2. The summed E-state index contributed by atoms with van der Waals surface area (Å²) >= 11 is 0. The van der Waals surface area contributed by atoms with Crippen molar-refractivity contribution in [2.75, 3.05) is 17.9 Å². The highest BCUT2D eigenvalue weighted by molar-refractivity contribution is 7.92. The molecule has 118 valence electrons. The normalized spacial score (nSPS) is 13.7. The lowest BCUT2D eigenvalue weighted by Crippen LogP contribution is -2.13. The van der Waals surface area contributed by atoms with E-state index in [1.165, 1.54) is 18.2 Å². The molecule has 1 heterocycles. The van der Waals surface area contributed by atoms with Gasteiger partial charge in [-0.2, -0.15) is 5.26 Å². The van der Waals surface area contributed by atoms with Gasteiger partial charge in [0.25, 0.3) is 10.0 Å². The predicted octanol–water partition coefficient (Wildman–Crippen LogP) is 2.52. The minimum absolute atomic E-state index is 0.0733. The first kappa shape index (κ1) is 15.2. The monoisotopic (exact) mass is 330 g/mol. The Labute approximate surface area is 134 Å². The smallest absolute Gasteiger partial charge is 0.262 e. The number of nitrogens with zero attached hydrogens (tertiary/aromatic N) is 1. The Morgan fingerprint density at radius 1 is 1.04 bits per heavy atom. The molecule has 7 heteroatoms. The zero-order valence-electron chi connectivity index (χ0n) is 12.2. The van der Waals surface area contributed by atoms with Crippen LogP contribution in [0.15, 0.2) is 47.4 Å². The first-order chi connectivity index (χ1) is 11.1. The number of ether oxygens (including phenoxy) is 2. The van der Waals surface area contributed by atoms with Gasteiger partial charge in [0.15, 0.2) is 11.5 Å². The number of sulfonamides is 1. The maximum Gasteiger partial charge on any atom is 0.262 e. The molecule has 0 aromatic heterocycles. The molecular weight excluding hydrogens is 316 g/mol. The molecule has 0 amide bonds. The average molecular weight is 330 g/mol. The summed E-state index contributed by atoms with van der Waals surface area (Å²) in [4.78, 5) is 0.0733. The van der Waals surface area contributed by atoms with Crippen molar-refractivity contribution in [2.45, 2.75) is 11.3 Å². The fourth-order valence-corrected chi connectivity index (χ4v) is 3.24. The van der Waals surface area contributed by atoms with Crippen molar-refractivity contribution in [2.24, 2.45) is 0 Å². The van der Waals surface area contributed by atoms with E-state index in [0.717, 1.165) is 6.42 Å². The molecule has 0 saturated carbocycles. The van der Waals surface area contributed by atoms with Gasteiger partial charge in [0.2, 0.25) is 0 Å². The summed E-state index contributed by atoms with van der Waals surface area (Å²) in [6.45, 7) is 1.02. The number of anilines is 1. The first-order valence-corrected chi connectivity index (χ1v) is 8.49. The van der Waals surface area contributed by atoms with Crippen LogP contribution in [-0.4, -0.2) is 21.6 Å². The Morgan fingerprint density at radius 3 is 2.61 bits per heavy atom. The molecule has 1 N–H and O–H groups in total. The van der Waals surface area contributed by atoms with E-state index in [9.17, 15) is 8.42 Å². The maximum absolute atomic E-state index is 12.5. The maximum atomic E-state index is 12.5. The second-order valence-corrected chi connectivity index (χ2v) is 6.64. The van der Waals surface area contributed by atoms with Crippen molar-refractivity contribution in [3.05, 3.63) is 48.0 Å². The minimum atomic E-state index is -3.78. The van der Waals surface area contributed by atoms with Crippen LogP contribution in [0.2, 0.25) is 0 Å². The summed E-state index contributed by atoms with van der Waals surface area (Å²) in [5.41, 5.74) is 0.708. The van der Waals surface area contributed by atoms with E-state index in [1.54, 1.807) is 24.3 Å². The van der Waals surface area contributed by atoms with Crippen molar-refractivity contribution >= 4 is 15.7 Å². The van der Waals surface area contributed by atoms with Gasteiger partial charge in [-0.05, 0) is 30.3 Å². The van der Waals surface area contributed by atoms with Gasteiger partial charge in [0.1, 0.15) is 0 Å². The minimum Gasteiger partial charge on any atom is -0.490 e.